The molecule has 2 aromatic rings. The number of ether oxygens (including phenoxy) is 1. The summed E-state index contributed by atoms with van der Waals surface area (Å²) < 4.78 is 10.5. The van der Waals surface area contributed by atoms with Crippen LogP contribution in [0.2, 0.25) is 0 Å². The predicted octanol–water partition coefficient (Wildman–Crippen LogP) is 2.95. The van der Waals surface area contributed by atoms with Crippen LogP contribution in [0.1, 0.15) is 17.7 Å². The van der Waals surface area contributed by atoms with Crippen LogP contribution >= 0.6 is 0 Å². The lowest BCUT2D eigenvalue weighted by Gasteiger charge is -2.29. The van der Waals surface area contributed by atoms with Gasteiger partial charge >= 0.3 is 6.03 Å². The molecule has 1 aromatic heterocycles. The third kappa shape index (κ3) is 2.86. The minimum Gasteiger partial charge on any atom is -0.497 e. The summed E-state index contributed by atoms with van der Waals surface area (Å²) >= 11 is 0. The molecule has 0 fully saturated rings. The van der Waals surface area contributed by atoms with Crippen LogP contribution in [0.3, 0.4) is 0 Å². The summed E-state index contributed by atoms with van der Waals surface area (Å²) in [5, 5.41) is 2.89. The molecule has 0 spiro atoms. The molecular formula is C16H18N2O3. The molecule has 1 aliphatic rings. The molecule has 0 unspecified atom stereocenters. The molecule has 0 saturated heterocycles. The quantitative estimate of drug-likeness (QED) is 0.943. The van der Waals surface area contributed by atoms with Crippen molar-refractivity contribution in [1.82, 2.24) is 5.32 Å². The molecule has 1 aliphatic heterocycles. The molecule has 0 aliphatic carbocycles. The van der Waals surface area contributed by atoms with Gasteiger partial charge in [-0.05, 0) is 48.7 Å². The Hall–Kier alpha value is -2.43. The molecule has 0 atom stereocenters. The molecule has 1 aromatic carbocycles. The number of hydrogen-bond acceptors (Lipinski definition) is 3. The Balaban J connectivity index is 1.73. The number of aryl methyl sites for hydroxylation is 1. The van der Waals surface area contributed by atoms with E-state index >= 15 is 0 Å². The van der Waals surface area contributed by atoms with Crippen LogP contribution in [0.4, 0.5) is 10.5 Å². The monoisotopic (exact) mass is 286 g/mol. The third-order valence-electron chi connectivity index (χ3n) is 3.64. The second kappa shape index (κ2) is 5.91. The van der Waals surface area contributed by atoms with E-state index in [-0.39, 0.29) is 6.03 Å². The number of nitrogens with zero attached hydrogens (tertiary/aromatic N) is 1. The van der Waals surface area contributed by atoms with Gasteiger partial charge in [0, 0.05) is 12.2 Å². The van der Waals surface area contributed by atoms with Gasteiger partial charge in [-0.2, -0.15) is 0 Å². The molecule has 5 heteroatoms. The molecule has 3 rings (SSSR count). The Bertz CT molecular complexity index is 622. The van der Waals surface area contributed by atoms with Gasteiger partial charge in [0.15, 0.2) is 0 Å². The standard InChI is InChI=1S/C16H18N2O3/c1-20-13-6-7-15-12(10-13)4-2-8-18(15)16(19)17-11-14-5-3-9-21-14/h3,5-7,9-10H,2,4,8,11H2,1H3,(H,17,19). The Morgan fingerprint density at radius 2 is 2.33 bits per heavy atom. The maximum absolute atomic E-state index is 12.4. The van der Waals surface area contributed by atoms with Crippen LogP contribution < -0.4 is 15.0 Å². The number of urea groups is 1. The van der Waals surface area contributed by atoms with Crippen LogP contribution in [0.5, 0.6) is 5.75 Å². The van der Waals surface area contributed by atoms with Crippen LogP contribution in [0, 0.1) is 0 Å². The van der Waals surface area contributed by atoms with Gasteiger partial charge in [-0.3, -0.25) is 4.90 Å². The van der Waals surface area contributed by atoms with Gasteiger partial charge in [-0.1, -0.05) is 0 Å². The Kier molecular flexibility index (Phi) is 3.81. The number of anilines is 1. The molecule has 0 bridgehead atoms. The molecule has 2 amide bonds. The van der Waals surface area contributed by atoms with E-state index in [9.17, 15) is 4.79 Å². The summed E-state index contributed by atoms with van der Waals surface area (Å²) in [7, 11) is 1.65. The highest BCUT2D eigenvalue weighted by atomic mass is 16.5. The van der Waals surface area contributed by atoms with Crippen LogP contribution in [-0.4, -0.2) is 19.7 Å². The highest BCUT2D eigenvalue weighted by molar-refractivity contribution is 5.93. The fraction of sp³-hybridized carbons (Fsp3) is 0.312. The number of fused-ring (bicyclic) bond motifs is 1. The molecule has 2 heterocycles. The lowest BCUT2D eigenvalue weighted by Crippen LogP contribution is -2.42. The first-order chi connectivity index (χ1) is 10.3. The minimum atomic E-state index is -0.0995. The zero-order chi connectivity index (χ0) is 14.7. The number of methoxy groups -OCH3 is 1. The highest BCUT2D eigenvalue weighted by Crippen LogP contribution is 2.30. The number of benzene rings is 1. The molecule has 1 N–H and O–H groups in total. The smallest absolute Gasteiger partial charge is 0.322 e. The lowest BCUT2D eigenvalue weighted by molar-refractivity contribution is 0.244. The zero-order valence-corrected chi connectivity index (χ0v) is 12.0. The number of carbonyl (C=O) groups excluding carboxylic acids is 1. The van der Waals surface area contributed by atoms with Crippen molar-refractivity contribution in [2.75, 3.05) is 18.6 Å². The summed E-state index contributed by atoms with van der Waals surface area (Å²) in [4.78, 5) is 14.1. The van der Waals surface area contributed by atoms with Crippen molar-refractivity contribution in [3.8, 4) is 5.75 Å². The number of amides is 2. The SMILES string of the molecule is COc1ccc2c(c1)CCCN2C(=O)NCc1ccco1. The number of furan rings is 1. The second-order valence-electron chi connectivity index (χ2n) is 4.99. The van der Waals surface area contributed by atoms with Crippen molar-refractivity contribution in [2.24, 2.45) is 0 Å². The van der Waals surface area contributed by atoms with Crippen molar-refractivity contribution in [3.63, 3.8) is 0 Å². The van der Waals surface area contributed by atoms with E-state index < -0.39 is 0 Å². The third-order valence-corrected chi connectivity index (χ3v) is 3.64. The van der Waals surface area contributed by atoms with Crippen molar-refractivity contribution >= 4 is 11.7 Å². The number of hydrogen-bond donors (Lipinski definition) is 1. The Morgan fingerprint density at radius 3 is 3.10 bits per heavy atom. The van der Waals surface area contributed by atoms with Crippen molar-refractivity contribution in [1.29, 1.82) is 0 Å². The maximum Gasteiger partial charge on any atom is 0.322 e. The largest absolute Gasteiger partial charge is 0.497 e. The van der Waals surface area contributed by atoms with E-state index in [0.717, 1.165) is 42.1 Å². The van der Waals surface area contributed by atoms with Crippen LogP contribution in [-0.2, 0) is 13.0 Å². The number of rotatable bonds is 3. The molecular weight excluding hydrogens is 268 g/mol. The maximum atomic E-state index is 12.4. The topological polar surface area (TPSA) is 54.7 Å². The van der Waals surface area contributed by atoms with Crippen LogP contribution in [0.25, 0.3) is 0 Å². The Labute approximate surface area is 123 Å². The fourth-order valence-corrected chi connectivity index (χ4v) is 2.58. The van der Waals surface area contributed by atoms with Crippen molar-refractivity contribution in [3.05, 3.63) is 47.9 Å². The minimum absolute atomic E-state index is 0.0995. The van der Waals surface area contributed by atoms with Crippen LogP contribution in [0.15, 0.2) is 41.0 Å². The normalized spacial score (nSPS) is 13.7. The number of nitrogens with one attached hydrogen (secondary N) is 1. The van der Waals surface area contributed by atoms with E-state index in [1.165, 1.54) is 0 Å². The van der Waals surface area contributed by atoms with E-state index in [1.807, 2.05) is 30.3 Å². The molecule has 110 valence electrons. The molecule has 0 saturated carbocycles. The van der Waals surface area contributed by atoms with Gasteiger partial charge in [0.1, 0.15) is 11.5 Å². The first kappa shape index (κ1) is 13.5. The van der Waals surface area contributed by atoms with Gasteiger partial charge in [0.25, 0.3) is 0 Å². The molecule has 5 nitrogen and oxygen atoms in total. The first-order valence-electron chi connectivity index (χ1n) is 7.02. The van der Waals surface area contributed by atoms with E-state index in [2.05, 4.69) is 5.32 Å². The average molecular weight is 286 g/mol. The zero-order valence-electron chi connectivity index (χ0n) is 12.0. The molecule has 21 heavy (non-hydrogen) atoms. The summed E-state index contributed by atoms with van der Waals surface area (Å²) in [5.41, 5.74) is 2.10. The summed E-state index contributed by atoms with van der Waals surface area (Å²) in [6.07, 6.45) is 3.52. The van der Waals surface area contributed by atoms with Gasteiger partial charge in [0.2, 0.25) is 0 Å². The van der Waals surface area contributed by atoms with E-state index in [4.69, 9.17) is 9.15 Å². The van der Waals surface area contributed by atoms with Gasteiger partial charge in [-0.15, -0.1) is 0 Å². The highest BCUT2D eigenvalue weighted by Gasteiger charge is 2.22. The van der Waals surface area contributed by atoms with E-state index in [1.54, 1.807) is 18.3 Å². The number of carbonyl (C=O) groups is 1. The average Bonchev–Trinajstić information content (AvgIpc) is 3.04. The summed E-state index contributed by atoms with van der Waals surface area (Å²) in [6.45, 7) is 1.12. The van der Waals surface area contributed by atoms with Gasteiger partial charge in [0.05, 0.1) is 19.9 Å². The second-order valence-corrected chi connectivity index (χ2v) is 4.99. The summed E-state index contributed by atoms with van der Waals surface area (Å²) in [5.74, 6) is 1.57. The van der Waals surface area contributed by atoms with Crippen molar-refractivity contribution < 1.29 is 13.9 Å². The van der Waals surface area contributed by atoms with Crippen molar-refractivity contribution in [2.45, 2.75) is 19.4 Å². The van der Waals surface area contributed by atoms with E-state index in [0.29, 0.717) is 6.54 Å². The first-order valence-corrected chi connectivity index (χ1v) is 7.02. The summed E-state index contributed by atoms with van der Waals surface area (Å²) in [6, 6.07) is 9.38. The van der Waals surface area contributed by atoms with Gasteiger partial charge < -0.3 is 14.5 Å². The fourth-order valence-electron chi connectivity index (χ4n) is 2.58. The molecule has 0 radical (unpaired) electrons. The predicted molar refractivity (Wildman–Crippen MR) is 79.6 cm³/mol. The Morgan fingerprint density at radius 1 is 1.43 bits per heavy atom. The van der Waals surface area contributed by atoms with Gasteiger partial charge in [-0.25, -0.2) is 4.79 Å². The lowest BCUT2D eigenvalue weighted by atomic mass is 10.0.